The summed E-state index contributed by atoms with van der Waals surface area (Å²) in [6, 6.07) is 6.69. The van der Waals surface area contributed by atoms with Gasteiger partial charge in [-0.15, -0.1) is 0 Å². The molecule has 17 heavy (non-hydrogen) atoms. The summed E-state index contributed by atoms with van der Waals surface area (Å²) in [5.74, 6) is 0.687. The molecule has 2 nitrogen and oxygen atoms in total. The molecule has 0 aliphatic heterocycles. The van der Waals surface area contributed by atoms with Gasteiger partial charge in [0.2, 0.25) is 0 Å². The van der Waals surface area contributed by atoms with Crippen LogP contribution < -0.4 is 5.73 Å². The molecule has 0 atom stereocenters. The Kier molecular flexibility index (Phi) is 5.66. The average molecular weight is 234 g/mol. The van der Waals surface area contributed by atoms with Crippen LogP contribution in [0.3, 0.4) is 0 Å². The summed E-state index contributed by atoms with van der Waals surface area (Å²) in [5, 5.41) is 0. The smallest absolute Gasteiger partial charge is 0.0237 e. The molecule has 0 spiro atoms. The summed E-state index contributed by atoms with van der Waals surface area (Å²) in [6.07, 6.45) is 0. The molecule has 0 radical (unpaired) electrons. The highest BCUT2D eigenvalue weighted by molar-refractivity contribution is 5.30. The highest BCUT2D eigenvalue weighted by atomic mass is 15.1. The van der Waals surface area contributed by atoms with Crippen molar-refractivity contribution < 1.29 is 0 Å². The third kappa shape index (κ3) is 4.88. The van der Waals surface area contributed by atoms with Crippen LogP contribution in [0, 0.1) is 19.8 Å². The molecule has 0 bridgehead atoms. The Balaban J connectivity index is 2.71. The van der Waals surface area contributed by atoms with Crippen LogP contribution in [-0.2, 0) is 6.54 Å². The van der Waals surface area contributed by atoms with Crippen molar-refractivity contribution in [1.82, 2.24) is 4.90 Å². The Morgan fingerprint density at radius 1 is 1.24 bits per heavy atom. The van der Waals surface area contributed by atoms with Gasteiger partial charge in [0.05, 0.1) is 0 Å². The molecule has 0 heterocycles. The first-order valence-electron chi connectivity index (χ1n) is 6.51. The van der Waals surface area contributed by atoms with Crippen molar-refractivity contribution in [2.24, 2.45) is 11.7 Å². The minimum Gasteiger partial charge on any atom is -0.329 e. The van der Waals surface area contributed by atoms with Crippen LogP contribution in [0.25, 0.3) is 0 Å². The number of nitrogens with two attached hydrogens (primary N) is 1. The predicted molar refractivity (Wildman–Crippen MR) is 75.1 cm³/mol. The lowest BCUT2D eigenvalue weighted by Gasteiger charge is -2.24. The van der Waals surface area contributed by atoms with E-state index in [-0.39, 0.29) is 0 Å². The largest absolute Gasteiger partial charge is 0.329 e. The van der Waals surface area contributed by atoms with Crippen LogP contribution in [0.4, 0.5) is 0 Å². The SMILES string of the molecule is Cc1ccc(CN(CCN)CC(C)C)c(C)c1. The van der Waals surface area contributed by atoms with Crippen molar-refractivity contribution in [3.05, 3.63) is 34.9 Å². The zero-order valence-electron chi connectivity index (χ0n) is 11.7. The van der Waals surface area contributed by atoms with E-state index in [4.69, 9.17) is 5.73 Å². The van der Waals surface area contributed by atoms with E-state index in [0.29, 0.717) is 5.92 Å². The van der Waals surface area contributed by atoms with Gasteiger partial charge < -0.3 is 5.73 Å². The van der Waals surface area contributed by atoms with Gasteiger partial charge in [-0.05, 0) is 30.9 Å². The van der Waals surface area contributed by atoms with Gasteiger partial charge in [-0.25, -0.2) is 0 Å². The van der Waals surface area contributed by atoms with Gasteiger partial charge in [-0.3, -0.25) is 4.90 Å². The average Bonchev–Trinajstić information content (AvgIpc) is 2.21. The normalized spacial score (nSPS) is 11.5. The monoisotopic (exact) mass is 234 g/mol. The van der Waals surface area contributed by atoms with Gasteiger partial charge in [-0.1, -0.05) is 37.6 Å². The van der Waals surface area contributed by atoms with Crippen molar-refractivity contribution in [1.29, 1.82) is 0 Å². The fraction of sp³-hybridized carbons (Fsp3) is 0.600. The molecule has 0 saturated carbocycles. The van der Waals surface area contributed by atoms with Crippen molar-refractivity contribution >= 4 is 0 Å². The lowest BCUT2D eigenvalue weighted by Crippen LogP contribution is -2.32. The number of hydrogen-bond donors (Lipinski definition) is 1. The minimum absolute atomic E-state index is 0.687. The van der Waals surface area contributed by atoms with E-state index in [1.165, 1.54) is 16.7 Å². The molecular formula is C15H26N2. The summed E-state index contributed by atoms with van der Waals surface area (Å²) in [7, 11) is 0. The van der Waals surface area contributed by atoms with Crippen molar-refractivity contribution in [2.75, 3.05) is 19.6 Å². The number of aryl methyl sites for hydroxylation is 2. The van der Waals surface area contributed by atoms with Gasteiger partial charge in [0.1, 0.15) is 0 Å². The second kappa shape index (κ2) is 6.77. The third-order valence-electron chi connectivity index (χ3n) is 2.96. The Hall–Kier alpha value is -0.860. The van der Waals surface area contributed by atoms with E-state index in [2.05, 4.69) is 50.8 Å². The first kappa shape index (κ1) is 14.2. The molecule has 0 amide bonds. The quantitative estimate of drug-likeness (QED) is 0.820. The first-order chi connectivity index (χ1) is 8.02. The zero-order valence-corrected chi connectivity index (χ0v) is 11.7. The van der Waals surface area contributed by atoms with Gasteiger partial charge >= 0.3 is 0 Å². The number of benzene rings is 1. The van der Waals surface area contributed by atoms with Crippen LogP contribution in [-0.4, -0.2) is 24.5 Å². The highest BCUT2D eigenvalue weighted by Gasteiger charge is 2.08. The summed E-state index contributed by atoms with van der Waals surface area (Å²) in [5.41, 5.74) is 9.82. The standard InChI is InChI=1S/C15H26N2/c1-12(2)10-17(8-7-16)11-15-6-5-13(3)9-14(15)4/h5-6,9,12H,7-8,10-11,16H2,1-4H3. The van der Waals surface area contributed by atoms with Gasteiger partial charge in [0.25, 0.3) is 0 Å². The molecule has 0 fully saturated rings. The van der Waals surface area contributed by atoms with Crippen LogP contribution >= 0.6 is 0 Å². The molecule has 1 aromatic rings. The summed E-state index contributed by atoms with van der Waals surface area (Å²) in [4.78, 5) is 2.45. The number of hydrogen-bond acceptors (Lipinski definition) is 2. The Bertz CT molecular complexity index is 345. The molecule has 0 unspecified atom stereocenters. The van der Waals surface area contributed by atoms with E-state index in [9.17, 15) is 0 Å². The maximum atomic E-state index is 5.68. The molecule has 0 saturated heterocycles. The molecule has 0 aromatic heterocycles. The van der Waals surface area contributed by atoms with Gasteiger partial charge in [0.15, 0.2) is 0 Å². The second-order valence-electron chi connectivity index (χ2n) is 5.35. The molecule has 96 valence electrons. The predicted octanol–water partition coefficient (Wildman–Crippen LogP) is 2.72. The first-order valence-corrected chi connectivity index (χ1v) is 6.51. The number of nitrogens with zero attached hydrogens (tertiary/aromatic N) is 1. The number of rotatable bonds is 6. The van der Waals surface area contributed by atoms with Crippen molar-refractivity contribution in [3.8, 4) is 0 Å². The van der Waals surface area contributed by atoms with Crippen LogP contribution in [0.5, 0.6) is 0 Å². The maximum Gasteiger partial charge on any atom is 0.0237 e. The van der Waals surface area contributed by atoms with Crippen molar-refractivity contribution in [3.63, 3.8) is 0 Å². The summed E-state index contributed by atoms with van der Waals surface area (Å²) < 4.78 is 0. The third-order valence-corrected chi connectivity index (χ3v) is 2.96. The minimum atomic E-state index is 0.687. The fourth-order valence-electron chi connectivity index (χ4n) is 2.20. The summed E-state index contributed by atoms with van der Waals surface area (Å²) in [6.45, 7) is 12.7. The molecule has 1 aromatic carbocycles. The lowest BCUT2D eigenvalue weighted by molar-refractivity contribution is 0.242. The van der Waals surface area contributed by atoms with E-state index >= 15 is 0 Å². The van der Waals surface area contributed by atoms with Crippen LogP contribution in [0.1, 0.15) is 30.5 Å². The Morgan fingerprint density at radius 3 is 2.47 bits per heavy atom. The second-order valence-corrected chi connectivity index (χ2v) is 5.35. The molecule has 0 aliphatic rings. The molecule has 1 rings (SSSR count). The van der Waals surface area contributed by atoms with Gasteiger partial charge in [0, 0.05) is 26.2 Å². The van der Waals surface area contributed by atoms with E-state index in [0.717, 1.165) is 26.2 Å². The molecule has 2 heteroatoms. The molecular weight excluding hydrogens is 208 g/mol. The van der Waals surface area contributed by atoms with Gasteiger partial charge in [-0.2, -0.15) is 0 Å². The van der Waals surface area contributed by atoms with Crippen molar-refractivity contribution in [2.45, 2.75) is 34.2 Å². The topological polar surface area (TPSA) is 29.3 Å². The summed E-state index contributed by atoms with van der Waals surface area (Å²) >= 11 is 0. The highest BCUT2D eigenvalue weighted by Crippen LogP contribution is 2.13. The maximum absolute atomic E-state index is 5.68. The van der Waals surface area contributed by atoms with E-state index in [1.54, 1.807) is 0 Å². The Morgan fingerprint density at radius 2 is 1.94 bits per heavy atom. The lowest BCUT2D eigenvalue weighted by atomic mass is 10.0. The Labute approximate surface area is 106 Å². The molecule has 0 aliphatic carbocycles. The van der Waals surface area contributed by atoms with Crippen LogP contribution in [0.15, 0.2) is 18.2 Å². The molecule has 2 N–H and O–H groups in total. The van der Waals surface area contributed by atoms with Crippen LogP contribution in [0.2, 0.25) is 0 Å². The fourth-order valence-corrected chi connectivity index (χ4v) is 2.20. The van der Waals surface area contributed by atoms with E-state index in [1.807, 2.05) is 0 Å². The van der Waals surface area contributed by atoms with E-state index < -0.39 is 0 Å². The zero-order chi connectivity index (χ0) is 12.8.